The molecule has 1 N–H and O–H groups in total. The van der Waals surface area contributed by atoms with Crippen molar-refractivity contribution in [2.24, 2.45) is 18.9 Å². The molecule has 1 saturated carbocycles. The lowest BCUT2D eigenvalue weighted by Gasteiger charge is -2.32. The molecule has 0 radical (unpaired) electrons. The van der Waals surface area contributed by atoms with Gasteiger partial charge in [0.2, 0.25) is 0 Å². The van der Waals surface area contributed by atoms with Crippen molar-refractivity contribution in [1.29, 1.82) is 0 Å². The van der Waals surface area contributed by atoms with Crippen LogP contribution in [0.15, 0.2) is 54.6 Å². The first-order chi connectivity index (χ1) is 22.7. The van der Waals surface area contributed by atoms with Crippen LogP contribution in [0.5, 0.6) is 5.75 Å². The van der Waals surface area contributed by atoms with Gasteiger partial charge in [-0.3, -0.25) is 9.59 Å². The Kier molecular flexibility index (Phi) is 6.89. The first kappa shape index (κ1) is 29.7. The van der Waals surface area contributed by atoms with Crippen molar-refractivity contribution >= 4 is 39.4 Å². The smallest absolute Gasteiger partial charge is 0.352 e. The van der Waals surface area contributed by atoms with Crippen molar-refractivity contribution < 1.29 is 23.1 Å². The largest absolute Gasteiger partial charge is 0.494 e. The molecular formula is C37H37F2N5O3. The van der Waals surface area contributed by atoms with Crippen LogP contribution in [0.3, 0.4) is 0 Å². The van der Waals surface area contributed by atoms with E-state index in [1.54, 1.807) is 19.2 Å². The summed E-state index contributed by atoms with van der Waals surface area (Å²) in [4.78, 5) is 32.7. The number of piperidine rings is 1. The molecule has 10 heteroatoms. The molecule has 0 unspecified atom stereocenters. The number of carbonyl (C=O) groups excluding carboxylic acids is 2. The van der Waals surface area contributed by atoms with E-state index in [4.69, 9.17) is 9.72 Å². The maximum absolute atomic E-state index is 14.8. The minimum absolute atomic E-state index is 0.000124. The van der Waals surface area contributed by atoms with Crippen molar-refractivity contribution in [1.82, 2.24) is 19.0 Å². The van der Waals surface area contributed by atoms with Gasteiger partial charge < -0.3 is 24.1 Å². The van der Waals surface area contributed by atoms with Crippen LogP contribution in [0, 0.1) is 11.8 Å². The molecular weight excluding hydrogens is 600 g/mol. The zero-order valence-electron chi connectivity index (χ0n) is 26.8. The summed E-state index contributed by atoms with van der Waals surface area (Å²) >= 11 is 0. The van der Waals surface area contributed by atoms with Gasteiger partial charge in [0, 0.05) is 43.2 Å². The third-order valence-electron chi connectivity index (χ3n) is 10.3. The van der Waals surface area contributed by atoms with Gasteiger partial charge in [-0.25, -0.2) is 4.98 Å². The molecule has 3 aromatic carbocycles. The molecule has 5 aromatic rings. The third-order valence-corrected chi connectivity index (χ3v) is 10.3. The number of para-hydroxylation sites is 1. The molecule has 3 aliphatic rings. The van der Waals surface area contributed by atoms with E-state index in [-0.39, 0.29) is 17.2 Å². The van der Waals surface area contributed by atoms with E-state index in [0.717, 1.165) is 85.2 Å². The molecule has 0 spiro atoms. The second-order valence-corrected chi connectivity index (χ2v) is 13.3. The highest BCUT2D eigenvalue weighted by Gasteiger charge is 2.48. The number of methoxy groups -OCH3 is 1. The van der Waals surface area contributed by atoms with Crippen molar-refractivity contribution in [2.45, 2.75) is 51.5 Å². The number of fused-ring (bicyclic) bond motifs is 3. The van der Waals surface area contributed by atoms with Gasteiger partial charge in [0.15, 0.2) is 5.82 Å². The normalized spacial score (nSPS) is 19.0. The average molecular weight is 638 g/mol. The fraction of sp³-hybridized carbons (Fsp3) is 0.378. The van der Waals surface area contributed by atoms with Crippen molar-refractivity contribution in [3.63, 3.8) is 0 Å². The van der Waals surface area contributed by atoms with E-state index in [2.05, 4.69) is 22.9 Å². The number of nitrogens with one attached hydrogen (secondary N) is 1. The van der Waals surface area contributed by atoms with E-state index >= 15 is 0 Å². The molecule has 2 aromatic heterocycles. The summed E-state index contributed by atoms with van der Waals surface area (Å²) < 4.78 is 39.7. The van der Waals surface area contributed by atoms with E-state index < -0.39 is 11.8 Å². The summed E-state index contributed by atoms with van der Waals surface area (Å²) in [6.07, 6.45) is 5.46. The number of amides is 2. The fourth-order valence-corrected chi connectivity index (χ4v) is 7.48. The molecule has 2 amide bonds. The van der Waals surface area contributed by atoms with Crippen LogP contribution in [0.25, 0.3) is 44.6 Å². The highest BCUT2D eigenvalue weighted by atomic mass is 19.3. The Bertz CT molecular complexity index is 2090. The van der Waals surface area contributed by atoms with Crippen LogP contribution in [0.2, 0.25) is 0 Å². The lowest BCUT2D eigenvalue weighted by Crippen LogP contribution is -2.39. The monoisotopic (exact) mass is 637 g/mol. The average Bonchev–Trinajstić information content (AvgIpc) is 3.68. The topological polar surface area (TPSA) is 81.4 Å². The molecule has 1 saturated heterocycles. The zero-order chi connectivity index (χ0) is 32.6. The number of hydrogen-bond donors (Lipinski definition) is 1. The number of aryl methyl sites for hydroxylation is 1. The lowest BCUT2D eigenvalue weighted by molar-refractivity contribution is -0.139. The van der Waals surface area contributed by atoms with Crippen LogP contribution in [-0.2, 0) is 24.3 Å². The molecule has 242 valence electrons. The Morgan fingerprint density at radius 1 is 1.06 bits per heavy atom. The van der Waals surface area contributed by atoms with E-state index in [9.17, 15) is 18.4 Å². The molecule has 1 aliphatic carbocycles. The number of likely N-dealkylation sites (tertiary alicyclic amines) is 1. The van der Waals surface area contributed by atoms with Gasteiger partial charge in [-0.05, 0) is 73.4 Å². The second-order valence-electron chi connectivity index (χ2n) is 13.3. The number of halogens is 2. The van der Waals surface area contributed by atoms with Gasteiger partial charge in [0.05, 0.1) is 35.1 Å². The lowest BCUT2D eigenvalue weighted by atomic mass is 9.95. The Labute approximate surface area is 271 Å². The molecule has 1 atom stereocenters. The number of hydrogen-bond acceptors (Lipinski definition) is 4. The summed E-state index contributed by atoms with van der Waals surface area (Å²) in [5.74, 6) is -2.54. The summed E-state index contributed by atoms with van der Waals surface area (Å²) in [6.45, 7) is 4.45. The number of aromatic nitrogens is 3. The van der Waals surface area contributed by atoms with Gasteiger partial charge in [0.25, 0.3) is 11.8 Å². The van der Waals surface area contributed by atoms with E-state index in [0.29, 0.717) is 34.2 Å². The van der Waals surface area contributed by atoms with Crippen LogP contribution < -0.4 is 10.1 Å². The third kappa shape index (κ3) is 4.79. The van der Waals surface area contributed by atoms with Crippen molar-refractivity contribution in [2.75, 3.05) is 25.5 Å². The highest BCUT2D eigenvalue weighted by Crippen LogP contribution is 2.45. The Morgan fingerprint density at radius 3 is 2.66 bits per heavy atom. The predicted molar refractivity (Wildman–Crippen MR) is 178 cm³/mol. The molecule has 4 heterocycles. The summed E-state index contributed by atoms with van der Waals surface area (Å²) in [5.41, 5.74) is 5.13. The Balaban J connectivity index is 1.26. The van der Waals surface area contributed by atoms with Crippen molar-refractivity contribution in [3.8, 4) is 28.4 Å². The highest BCUT2D eigenvalue weighted by molar-refractivity contribution is 6.05. The fourth-order valence-electron chi connectivity index (χ4n) is 7.48. The molecule has 8 nitrogen and oxygen atoms in total. The first-order valence-corrected chi connectivity index (χ1v) is 16.5. The van der Waals surface area contributed by atoms with Gasteiger partial charge in [-0.2, -0.15) is 8.78 Å². The predicted octanol–water partition coefficient (Wildman–Crippen LogP) is 7.59. The Morgan fingerprint density at radius 2 is 1.89 bits per heavy atom. The number of ether oxygens (including phenoxy) is 1. The number of carbonyl (C=O) groups is 2. The maximum atomic E-state index is 14.8. The van der Waals surface area contributed by atoms with Crippen molar-refractivity contribution in [3.05, 3.63) is 65.7 Å². The molecule has 0 bridgehead atoms. The zero-order valence-corrected chi connectivity index (χ0v) is 26.8. The van der Waals surface area contributed by atoms with Gasteiger partial charge in [0.1, 0.15) is 11.3 Å². The number of rotatable bonds is 7. The number of benzene rings is 3. The summed E-state index contributed by atoms with van der Waals surface area (Å²) in [5, 5.41) is 3.26. The first-order valence-electron chi connectivity index (χ1n) is 16.5. The van der Waals surface area contributed by atoms with Crippen LogP contribution in [0.1, 0.15) is 54.9 Å². The standard InChI is InChI=1S/C37H37F2N5O3/c1-4-21-7-6-14-43(19-21)35(45)25-16-29-33(31(18-25)47-3)42(2)34(40-29)30-17-24-8-5-9-26(32(24)44(30)20-22-10-11-22)23-12-13-28-27(15-23)37(38,39)36(46)41-28/h5,8-9,12-13,15-18,21-22H,4,6-7,10-11,14,19-20H2,1-3H3,(H,41,46)/t21-/m1/s1. The van der Waals surface area contributed by atoms with Gasteiger partial charge in [-0.15, -0.1) is 0 Å². The summed E-state index contributed by atoms with van der Waals surface area (Å²) in [6, 6.07) is 16.5. The minimum atomic E-state index is -3.58. The maximum Gasteiger partial charge on any atom is 0.352 e. The second kappa shape index (κ2) is 10.9. The van der Waals surface area contributed by atoms with Crippen LogP contribution in [0.4, 0.5) is 14.5 Å². The van der Waals surface area contributed by atoms with E-state index in [1.807, 2.05) is 46.8 Å². The quantitative estimate of drug-likeness (QED) is 0.200. The number of anilines is 1. The summed E-state index contributed by atoms with van der Waals surface area (Å²) in [7, 11) is 3.57. The molecule has 2 aliphatic heterocycles. The van der Waals surface area contributed by atoms with Crippen LogP contribution >= 0.6 is 0 Å². The van der Waals surface area contributed by atoms with Gasteiger partial charge in [-0.1, -0.05) is 37.6 Å². The van der Waals surface area contributed by atoms with E-state index in [1.165, 1.54) is 6.07 Å². The number of nitrogens with zero attached hydrogens (tertiary/aromatic N) is 4. The molecule has 8 rings (SSSR count). The minimum Gasteiger partial charge on any atom is -0.494 e. The number of imidazole rings is 1. The Hall–Kier alpha value is -4.73. The SMILES string of the molecule is CC[C@@H]1CCCN(C(=O)c2cc(OC)c3c(c2)nc(-c2cc4cccc(-c5ccc6c(c5)C(F)(F)C(=O)N6)c4n2CC2CC2)n3C)C1. The van der Waals surface area contributed by atoms with Crippen LogP contribution in [-0.4, -0.2) is 51.0 Å². The molecule has 2 fully saturated rings. The van der Waals surface area contributed by atoms with Gasteiger partial charge >= 0.3 is 5.92 Å². The number of alkyl halides is 2. The molecule has 47 heavy (non-hydrogen) atoms.